The zero-order chi connectivity index (χ0) is 22.2. The van der Waals surface area contributed by atoms with Crippen LogP contribution in [0.1, 0.15) is 24.8 Å². The van der Waals surface area contributed by atoms with Crippen LogP contribution in [-0.4, -0.2) is 55.3 Å². The van der Waals surface area contributed by atoms with Gasteiger partial charge in [0, 0.05) is 26.2 Å². The summed E-state index contributed by atoms with van der Waals surface area (Å²) in [6.07, 6.45) is 2.12. The SMILES string of the molecule is O=C1O[C@]2(CCN(C(=O)C3(Cc4ccccc4)CCOCC3)C2)CN1c1cccc(F)c1. The van der Waals surface area contributed by atoms with Crippen LogP contribution < -0.4 is 4.90 Å². The van der Waals surface area contributed by atoms with Gasteiger partial charge in [-0.05, 0) is 43.0 Å². The predicted octanol–water partition coefficient (Wildman–Crippen LogP) is 3.79. The molecule has 168 valence electrons. The zero-order valence-corrected chi connectivity index (χ0v) is 18.0. The van der Waals surface area contributed by atoms with Crippen molar-refractivity contribution in [2.24, 2.45) is 5.41 Å². The largest absolute Gasteiger partial charge is 0.439 e. The number of nitrogens with zero attached hydrogens (tertiary/aromatic N) is 2. The smallest absolute Gasteiger partial charge is 0.415 e. The Morgan fingerprint density at radius 3 is 2.53 bits per heavy atom. The number of carbonyl (C=O) groups is 2. The maximum atomic E-state index is 13.8. The van der Waals surface area contributed by atoms with Crippen molar-refractivity contribution in [3.8, 4) is 0 Å². The second-order valence-electron chi connectivity index (χ2n) is 9.15. The Labute approximate surface area is 186 Å². The third-order valence-electron chi connectivity index (χ3n) is 6.98. The van der Waals surface area contributed by atoms with Gasteiger partial charge in [-0.25, -0.2) is 9.18 Å². The molecule has 0 unspecified atom stereocenters. The third-order valence-corrected chi connectivity index (χ3v) is 6.98. The number of halogens is 1. The van der Waals surface area contributed by atoms with Gasteiger partial charge in [0.2, 0.25) is 5.91 Å². The number of hydrogen-bond donors (Lipinski definition) is 0. The van der Waals surface area contributed by atoms with Crippen molar-refractivity contribution in [1.82, 2.24) is 4.90 Å². The molecule has 6 nitrogen and oxygen atoms in total. The minimum absolute atomic E-state index is 0.113. The molecule has 2 aromatic rings. The number of carbonyl (C=O) groups excluding carboxylic acids is 2. The van der Waals surface area contributed by atoms with Crippen molar-refractivity contribution >= 4 is 17.7 Å². The van der Waals surface area contributed by atoms with Crippen LogP contribution in [0.5, 0.6) is 0 Å². The van der Waals surface area contributed by atoms with E-state index in [9.17, 15) is 14.0 Å². The van der Waals surface area contributed by atoms with Gasteiger partial charge in [-0.15, -0.1) is 0 Å². The van der Waals surface area contributed by atoms with E-state index in [0.29, 0.717) is 64.2 Å². The monoisotopic (exact) mass is 438 g/mol. The summed E-state index contributed by atoms with van der Waals surface area (Å²) in [6.45, 7) is 2.36. The van der Waals surface area contributed by atoms with Crippen LogP contribution in [-0.2, 0) is 20.7 Å². The van der Waals surface area contributed by atoms with E-state index in [2.05, 4.69) is 12.1 Å². The molecule has 3 heterocycles. The zero-order valence-electron chi connectivity index (χ0n) is 18.0. The van der Waals surface area contributed by atoms with Gasteiger partial charge in [0.1, 0.15) is 5.82 Å². The molecule has 3 aliphatic heterocycles. The van der Waals surface area contributed by atoms with E-state index in [4.69, 9.17) is 9.47 Å². The topological polar surface area (TPSA) is 59.1 Å². The molecule has 2 aromatic carbocycles. The van der Waals surface area contributed by atoms with Crippen molar-refractivity contribution < 1.29 is 23.5 Å². The van der Waals surface area contributed by atoms with Crippen LogP contribution in [0.3, 0.4) is 0 Å². The normalized spacial score (nSPS) is 24.7. The Hall–Kier alpha value is -2.93. The highest BCUT2D eigenvalue weighted by Crippen LogP contribution is 2.41. The Kier molecular flexibility index (Phi) is 5.37. The van der Waals surface area contributed by atoms with E-state index >= 15 is 0 Å². The molecule has 0 aromatic heterocycles. The summed E-state index contributed by atoms with van der Waals surface area (Å²) in [6, 6.07) is 16.0. The van der Waals surface area contributed by atoms with Crippen LogP contribution in [0.2, 0.25) is 0 Å². The summed E-state index contributed by atoms with van der Waals surface area (Å²) in [5, 5.41) is 0. The third kappa shape index (κ3) is 3.86. The lowest BCUT2D eigenvalue weighted by Crippen LogP contribution is -2.49. The molecule has 2 amide bonds. The van der Waals surface area contributed by atoms with Gasteiger partial charge in [0.25, 0.3) is 0 Å². The molecule has 3 aliphatic rings. The molecule has 0 bridgehead atoms. The molecule has 3 saturated heterocycles. The first-order chi connectivity index (χ1) is 15.5. The summed E-state index contributed by atoms with van der Waals surface area (Å²) in [5.41, 5.74) is 0.358. The first-order valence-electron chi connectivity index (χ1n) is 11.2. The number of likely N-dealkylation sites (tertiary alicyclic amines) is 1. The van der Waals surface area contributed by atoms with Crippen LogP contribution >= 0.6 is 0 Å². The maximum Gasteiger partial charge on any atom is 0.415 e. The molecule has 0 radical (unpaired) electrons. The second kappa shape index (κ2) is 8.20. The lowest BCUT2D eigenvalue weighted by atomic mass is 9.74. The van der Waals surface area contributed by atoms with Crippen LogP contribution in [0.4, 0.5) is 14.9 Å². The summed E-state index contributed by atoms with van der Waals surface area (Å²) < 4.78 is 25.0. The number of anilines is 1. The summed E-state index contributed by atoms with van der Waals surface area (Å²) in [7, 11) is 0. The number of rotatable bonds is 4. The van der Waals surface area contributed by atoms with Crippen molar-refractivity contribution in [2.75, 3.05) is 37.7 Å². The van der Waals surface area contributed by atoms with Crippen LogP contribution in [0.15, 0.2) is 54.6 Å². The van der Waals surface area contributed by atoms with Gasteiger partial charge >= 0.3 is 6.09 Å². The van der Waals surface area contributed by atoms with E-state index < -0.39 is 22.9 Å². The number of amides is 2. The Balaban J connectivity index is 1.33. The fourth-order valence-corrected chi connectivity index (χ4v) is 5.25. The predicted molar refractivity (Wildman–Crippen MR) is 117 cm³/mol. The fraction of sp³-hybridized carbons (Fsp3) is 0.440. The number of hydrogen-bond acceptors (Lipinski definition) is 4. The average molecular weight is 438 g/mol. The van der Waals surface area contributed by atoms with Crippen molar-refractivity contribution in [1.29, 1.82) is 0 Å². The summed E-state index contributed by atoms with van der Waals surface area (Å²) in [4.78, 5) is 29.7. The van der Waals surface area contributed by atoms with Gasteiger partial charge in [-0.3, -0.25) is 9.69 Å². The van der Waals surface area contributed by atoms with Crippen LogP contribution in [0.25, 0.3) is 0 Å². The van der Waals surface area contributed by atoms with E-state index in [-0.39, 0.29) is 5.91 Å². The lowest BCUT2D eigenvalue weighted by Gasteiger charge is -2.39. The molecule has 32 heavy (non-hydrogen) atoms. The second-order valence-corrected chi connectivity index (χ2v) is 9.15. The Morgan fingerprint density at radius 1 is 1.00 bits per heavy atom. The van der Waals surface area contributed by atoms with Crippen molar-refractivity contribution in [3.63, 3.8) is 0 Å². The van der Waals surface area contributed by atoms with Crippen molar-refractivity contribution in [3.05, 3.63) is 66.0 Å². The molecular weight excluding hydrogens is 411 g/mol. The molecule has 0 aliphatic carbocycles. The molecule has 1 atom stereocenters. The quantitative estimate of drug-likeness (QED) is 0.729. The van der Waals surface area contributed by atoms with E-state index in [1.807, 2.05) is 23.1 Å². The molecule has 5 rings (SSSR count). The first kappa shape index (κ1) is 20.9. The van der Waals surface area contributed by atoms with Gasteiger partial charge < -0.3 is 14.4 Å². The Bertz CT molecular complexity index is 1010. The van der Waals surface area contributed by atoms with Gasteiger partial charge in [-0.1, -0.05) is 36.4 Å². The fourth-order valence-electron chi connectivity index (χ4n) is 5.25. The number of ether oxygens (including phenoxy) is 2. The summed E-state index contributed by atoms with van der Waals surface area (Å²) >= 11 is 0. The molecule has 3 fully saturated rings. The highest BCUT2D eigenvalue weighted by Gasteiger charge is 2.53. The molecule has 0 N–H and O–H groups in total. The van der Waals surface area contributed by atoms with Gasteiger partial charge in [0.05, 0.1) is 24.2 Å². The molecular formula is C25H27FN2O4. The molecule has 7 heteroatoms. The number of benzene rings is 2. The average Bonchev–Trinajstić information content (AvgIpc) is 3.37. The standard InChI is InChI=1S/C25H27FN2O4/c26-20-7-4-8-21(15-20)28-18-25(32-23(28)30)9-12-27(17-25)22(29)24(10-13-31-14-11-24)16-19-5-2-1-3-6-19/h1-8,15H,9-14,16-18H2/t25-/m0/s1. The lowest BCUT2D eigenvalue weighted by molar-refractivity contribution is -0.147. The molecule has 1 spiro atoms. The highest BCUT2D eigenvalue weighted by atomic mass is 19.1. The highest BCUT2D eigenvalue weighted by molar-refractivity contribution is 5.91. The van der Waals surface area contributed by atoms with E-state index in [1.165, 1.54) is 17.0 Å². The van der Waals surface area contributed by atoms with Gasteiger partial charge in [0.15, 0.2) is 5.60 Å². The first-order valence-corrected chi connectivity index (χ1v) is 11.2. The summed E-state index contributed by atoms with van der Waals surface area (Å²) in [5.74, 6) is -0.288. The minimum Gasteiger partial charge on any atom is -0.439 e. The van der Waals surface area contributed by atoms with Crippen molar-refractivity contribution in [2.45, 2.75) is 31.3 Å². The molecule has 0 saturated carbocycles. The van der Waals surface area contributed by atoms with E-state index in [1.54, 1.807) is 12.1 Å². The minimum atomic E-state index is -0.752. The van der Waals surface area contributed by atoms with Gasteiger partial charge in [-0.2, -0.15) is 0 Å². The van der Waals surface area contributed by atoms with E-state index in [0.717, 1.165) is 5.56 Å². The Morgan fingerprint density at radius 2 is 1.78 bits per heavy atom. The maximum absolute atomic E-state index is 13.8. The van der Waals surface area contributed by atoms with Crippen LogP contribution in [0, 0.1) is 11.2 Å².